The molecular weight excluding hydrogens is 228 g/mol. The van der Waals surface area contributed by atoms with Crippen molar-refractivity contribution in [2.45, 2.75) is 19.9 Å². The Bertz CT molecular complexity index is 402. The molecule has 0 radical (unpaired) electrons. The standard InChI is InChI=1S/C13H20N4O/c1-3-8-18-12-5-4-11(9-15-12)10-16-13-14-6-7-17(13)2/h4-5,9H,3,6-8,10H2,1-2H3,(H,14,16). The number of hydrogen-bond acceptors (Lipinski definition) is 5. The predicted octanol–water partition coefficient (Wildman–Crippen LogP) is 1.26. The Morgan fingerprint density at radius 1 is 1.44 bits per heavy atom. The lowest BCUT2D eigenvalue weighted by Gasteiger charge is -2.15. The average molecular weight is 248 g/mol. The van der Waals surface area contributed by atoms with Gasteiger partial charge in [-0.05, 0) is 12.0 Å². The first-order valence-electron chi connectivity index (χ1n) is 6.37. The normalized spacial score (nSPS) is 14.6. The molecule has 0 fully saturated rings. The van der Waals surface area contributed by atoms with Crippen LogP contribution in [0.3, 0.4) is 0 Å². The summed E-state index contributed by atoms with van der Waals surface area (Å²) in [5, 5.41) is 3.31. The zero-order chi connectivity index (χ0) is 12.8. The summed E-state index contributed by atoms with van der Waals surface area (Å²) in [5.74, 6) is 1.65. The number of aromatic nitrogens is 1. The molecule has 5 heteroatoms. The molecule has 0 spiro atoms. The van der Waals surface area contributed by atoms with Crippen molar-refractivity contribution in [1.82, 2.24) is 15.2 Å². The first-order valence-corrected chi connectivity index (χ1v) is 6.37. The van der Waals surface area contributed by atoms with Gasteiger partial charge in [0.05, 0.1) is 13.2 Å². The van der Waals surface area contributed by atoms with Crippen molar-refractivity contribution in [2.24, 2.45) is 4.99 Å². The summed E-state index contributed by atoms with van der Waals surface area (Å²) in [6.45, 7) is 5.40. The van der Waals surface area contributed by atoms with Gasteiger partial charge in [-0.2, -0.15) is 0 Å². The quantitative estimate of drug-likeness (QED) is 0.852. The molecule has 1 aromatic heterocycles. The molecular formula is C13H20N4O. The fourth-order valence-corrected chi connectivity index (χ4v) is 1.71. The summed E-state index contributed by atoms with van der Waals surface area (Å²) >= 11 is 0. The third-order valence-corrected chi connectivity index (χ3v) is 2.76. The van der Waals surface area contributed by atoms with Crippen LogP contribution in [0.25, 0.3) is 0 Å². The van der Waals surface area contributed by atoms with Gasteiger partial charge in [0.2, 0.25) is 5.88 Å². The van der Waals surface area contributed by atoms with Gasteiger partial charge in [0.1, 0.15) is 0 Å². The molecule has 0 aromatic carbocycles. The second-order valence-electron chi connectivity index (χ2n) is 4.33. The van der Waals surface area contributed by atoms with E-state index in [0.29, 0.717) is 12.5 Å². The molecule has 1 aromatic rings. The molecule has 1 aliphatic heterocycles. The zero-order valence-corrected chi connectivity index (χ0v) is 11.0. The summed E-state index contributed by atoms with van der Waals surface area (Å²) in [6, 6.07) is 3.94. The number of pyridine rings is 1. The Morgan fingerprint density at radius 2 is 2.33 bits per heavy atom. The SMILES string of the molecule is CCCOc1ccc(CNC2=NCCN2C)cn1. The van der Waals surface area contributed by atoms with Crippen LogP contribution in [-0.2, 0) is 6.54 Å². The summed E-state index contributed by atoms with van der Waals surface area (Å²) in [5.41, 5.74) is 1.13. The molecule has 2 heterocycles. The van der Waals surface area contributed by atoms with Gasteiger partial charge in [-0.25, -0.2) is 4.98 Å². The highest BCUT2D eigenvalue weighted by Gasteiger charge is 2.11. The third kappa shape index (κ3) is 3.35. The molecule has 0 aliphatic carbocycles. The Kier molecular flexibility index (Phi) is 4.39. The monoisotopic (exact) mass is 248 g/mol. The van der Waals surface area contributed by atoms with Crippen LogP contribution in [0.1, 0.15) is 18.9 Å². The highest BCUT2D eigenvalue weighted by molar-refractivity contribution is 5.81. The van der Waals surface area contributed by atoms with Crippen molar-refractivity contribution in [2.75, 3.05) is 26.7 Å². The maximum atomic E-state index is 5.44. The molecule has 0 atom stereocenters. The van der Waals surface area contributed by atoms with Crippen LogP contribution in [0.15, 0.2) is 23.3 Å². The highest BCUT2D eigenvalue weighted by Crippen LogP contribution is 2.08. The van der Waals surface area contributed by atoms with Gasteiger partial charge in [-0.1, -0.05) is 13.0 Å². The van der Waals surface area contributed by atoms with Gasteiger partial charge < -0.3 is 15.0 Å². The van der Waals surface area contributed by atoms with Crippen molar-refractivity contribution in [3.63, 3.8) is 0 Å². The number of aliphatic imine (C=N–C) groups is 1. The number of likely N-dealkylation sites (N-methyl/N-ethyl adjacent to an activating group) is 1. The van der Waals surface area contributed by atoms with Crippen LogP contribution >= 0.6 is 0 Å². The van der Waals surface area contributed by atoms with E-state index in [1.165, 1.54) is 0 Å². The lowest BCUT2D eigenvalue weighted by atomic mass is 10.3. The maximum Gasteiger partial charge on any atom is 0.213 e. The van der Waals surface area contributed by atoms with Crippen LogP contribution in [0.5, 0.6) is 5.88 Å². The Morgan fingerprint density at radius 3 is 2.94 bits per heavy atom. The summed E-state index contributed by atoms with van der Waals surface area (Å²) in [6.07, 6.45) is 2.84. The topological polar surface area (TPSA) is 49.8 Å². The van der Waals surface area contributed by atoms with Gasteiger partial charge in [-0.15, -0.1) is 0 Å². The molecule has 2 rings (SSSR count). The molecule has 0 unspecified atom stereocenters. The predicted molar refractivity (Wildman–Crippen MR) is 71.8 cm³/mol. The number of nitrogens with one attached hydrogen (secondary N) is 1. The lowest BCUT2D eigenvalue weighted by Crippen LogP contribution is -2.35. The largest absolute Gasteiger partial charge is 0.478 e. The fourth-order valence-electron chi connectivity index (χ4n) is 1.71. The van der Waals surface area contributed by atoms with Crippen LogP contribution in [0.4, 0.5) is 0 Å². The minimum atomic E-state index is 0.691. The fraction of sp³-hybridized carbons (Fsp3) is 0.538. The molecule has 0 saturated heterocycles. The van der Waals surface area contributed by atoms with Gasteiger partial charge >= 0.3 is 0 Å². The summed E-state index contributed by atoms with van der Waals surface area (Å²) in [4.78, 5) is 10.8. The van der Waals surface area contributed by atoms with Gasteiger partial charge in [-0.3, -0.25) is 4.99 Å². The van der Waals surface area contributed by atoms with E-state index in [4.69, 9.17) is 4.74 Å². The minimum absolute atomic E-state index is 0.691. The number of hydrogen-bond donors (Lipinski definition) is 1. The Labute approximate surface area is 108 Å². The van der Waals surface area contributed by atoms with Crippen molar-refractivity contribution >= 4 is 5.96 Å². The number of ether oxygens (including phenoxy) is 1. The number of nitrogens with zero attached hydrogens (tertiary/aromatic N) is 3. The first-order chi connectivity index (χ1) is 8.79. The van der Waals surface area contributed by atoms with Crippen LogP contribution in [0.2, 0.25) is 0 Å². The second-order valence-corrected chi connectivity index (χ2v) is 4.33. The van der Waals surface area contributed by atoms with E-state index in [1.54, 1.807) is 0 Å². The minimum Gasteiger partial charge on any atom is -0.478 e. The van der Waals surface area contributed by atoms with E-state index in [0.717, 1.165) is 37.6 Å². The molecule has 98 valence electrons. The second kappa shape index (κ2) is 6.23. The van der Waals surface area contributed by atoms with Crippen molar-refractivity contribution in [3.05, 3.63) is 23.9 Å². The van der Waals surface area contributed by atoms with Crippen molar-refractivity contribution < 1.29 is 4.74 Å². The van der Waals surface area contributed by atoms with Gasteiger partial charge in [0.15, 0.2) is 5.96 Å². The smallest absolute Gasteiger partial charge is 0.213 e. The van der Waals surface area contributed by atoms with Crippen molar-refractivity contribution in [3.8, 4) is 5.88 Å². The molecule has 5 nitrogen and oxygen atoms in total. The van der Waals surface area contributed by atoms with Gasteiger partial charge in [0.25, 0.3) is 0 Å². The molecule has 0 saturated carbocycles. The highest BCUT2D eigenvalue weighted by atomic mass is 16.5. The lowest BCUT2D eigenvalue weighted by molar-refractivity contribution is 0.305. The summed E-state index contributed by atoms with van der Waals surface area (Å²) in [7, 11) is 2.04. The maximum absolute atomic E-state index is 5.44. The molecule has 0 bridgehead atoms. The van der Waals surface area contributed by atoms with E-state index >= 15 is 0 Å². The number of rotatable bonds is 5. The van der Waals surface area contributed by atoms with Gasteiger partial charge in [0, 0.05) is 32.4 Å². The van der Waals surface area contributed by atoms with Crippen molar-refractivity contribution in [1.29, 1.82) is 0 Å². The van der Waals surface area contributed by atoms with Crippen LogP contribution in [0, 0.1) is 0 Å². The van der Waals surface area contributed by atoms with Crippen LogP contribution in [-0.4, -0.2) is 42.6 Å². The van der Waals surface area contributed by atoms with E-state index in [2.05, 4.69) is 27.1 Å². The average Bonchev–Trinajstić information content (AvgIpc) is 2.81. The first kappa shape index (κ1) is 12.7. The zero-order valence-electron chi connectivity index (χ0n) is 11.0. The molecule has 1 N–H and O–H groups in total. The van der Waals surface area contributed by atoms with E-state index in [1.807, 2.05) is 25.4 Å². The van der Waals surface area contributed by atoms with E-state index in [-0.39, 0.29) is 0 Å². The Hall–Kier alpha value is -1.78. The summed E-state index contributed by atoms with van der Waals surface area (Å²) < 4.78 is 5.44. The molecule has 18 heavy (non-hydrogen) atoms. The third-order valence-electron chi connectivity index (χ3n) is 2.76. The van der Waals surface area contributed by atoms with E-state index < -0.39 is 0 Å². The van der Waals surface area contributed by atoms with Crippen LogP contribution < -0.4 is 10.1 Å². The molecule has 0 amide bonds. The number of guanidine groups is 1. The molecule has 1 aliphatic rings. The Balaban J connectivity index is 1.83. The van der Waals surface area contributed by atoms with E-state index in [9.17, 15) is 0 Å².